The van der Waals surface area contributed by atoms with Crippen LogP contribution in [-0.2, 0) is 24.4 Å². The van der Waals surface area contributed by atoms with E-state index in [4.69, 9.17) is 4.74 Å². The number of piperidine rings is 1. The first-order valence-electron chi connectivity index (χ1n) is 13.6. The minimum Gasteiger partial charge on any atom is -0.497 e. The maximum atomic E-state index is 13.2. The monoisotopic (exact) mass is 531 g/mol. The van der Waals surface area contributed by atoms with Gasteiger partial charge in [-0.25, -0.2) is 4.39 Å². The van der Waals surface area contributed by atoms with Crippen molar-refractivity contribution in [1.82, 2.24) is 15.1 Å². The SMILES string of the molecule is COc1cccc(CNC(=O)c2ccc(CN(C(=O)C(C)C)C3CCN(Cc4ccc(F)cc4)CC3)cc2)c1. The smallest absolute Gasteiger partial charge is 0.251 e. The number of methoxy groups -OCH3 is 1. The summed E-state index contributed by atoms with van der Waals surface area (Å²) in [7, 11) is 1.62. The Morgan fingerprint density at radius 1 is 0.974 bits per heavy atom. The van der Waals surface area contributed by atoms with Crippen molar-refractivity contribution in [3.63, 3.8) is 0 Å². The van der Waals surface area contributed by atoms with Gasteiger partial charge in [-0.05, 0) is 65.9 Å². The number of nitrogens with zero attached hydrogens (tertiary/aromatic N) is 2. The number of likely N-dealkylation sites (tertiary alicyclic amines) is 1. The van der Waals surface area contributed by atoms with Crippen LogP contribution in [0.3, 0.4) is 0 Å². The van der Waals surface area contributed by atoms with Crippen molar-refractivity contribution in [2.75, 3.05) is 20.2 Å². The van der Waals surface area contributed by atoms with Crippen LogP contribution in [0.4, 0.5) is 4.39 Å². The van der Waals surface area contributed by atoms with Crippen LogP contribution in [0.25, 0.3) is 0 Å². The van der Waals surface area contributed by atoms with Crippen molar-refractivity contribution >= 4 is 11.8 Å². The first-order valence-corrected chi connectivity index (χ1v) is 13.6. The standard InChI is InChI=1S/C32H38FN3O3/c1-23(2)32(38)36(29-15-17-35(18-16-29)21-24-9-13-28(33)14-10-24)22-25-7-11-27(12-8-25)31(37)34-20-26-5-4-6-30(19-26)39-3/h4-14,19,23,29H,15-18,20-22H2,1-3H3,(H,34,37). The van der Waals surface area contributed by atoms with E-state index in [1.165, 1.54) is 12.1 Å². The number of amides is 2. The second-order valence-corrected chi connectivity index (χ2v) is 10.5. The molecule has 2 amide bonds. The van der Waals surface area contributed by atoms with E-state index in [0.29, 0.717) is 18.7 Å². The van der Waals surface area contributed by atoms with Gasteiger partial charge in [0, 0.05) is 50.2 Å². The topological polar surface area (TPSA) is 61.9 Å². The number of carbonyl (C=O) groups excluding carboxylic acids is 2. The van der Waals surface area contributed by atoms with Crippen LogP contribution in [0.1, 0.15) is 53.7 Å². The Labute approximate surface area is 230 Å². The van der Waals surface area contributed by atoms with Crippen molar-refractivity contribution < 1.29 is 18.7 Å². The molecule has 206 valence electrons. The number of hydrogen-bond donors (Lipinski definition) is 1. The minimum atomic E-state index is -0.220. The molecule has 1 aliphatic rings. The summed E-state index contributed by atoms with van der Waals surface area (Å²) < 4.78 is 18.5. The van der Waals surface area contributed by atoms with Crippen LogP contribution in [-0.4, -0.2) is 47.9 Å². The van der Waals surface area contributed by atoms with Crippen molar-refractivity contribution in [2.45, 2.75) is 52.4 Å². The fourth-order valence-corrected chi connectivity index (χ4v) is 4.98. The van der Waals surface area contributed by atoms with Gasteiger partial charge in [0.25, 0.3) is 5.91 Å². The molecule has 0 bridgehead atoms. The Balaban J connectivity index is 1.34. The van der Waals surface area contributed by atoms with E-state index in [1.54, 1.807) is 7.11 Å². The molecule has 0 aliphatic carbocycles. The highest BCUT2D eigenvalue weighted by Gasteiger charge is 2.29. The first kappa shape index (κ1) is 28.3. The van der Waals surface area contributed by atoms with Gasteiger partial charge in [0.05, 0.1) is 7.11 Å². The number of halogens is 1. The van der Waals surface area contributed by atoms with E-state index >= 15 is 0 Å². The number of rotatable bonds is 10. The largest absolute Gasteiger partial charge is 0.497 e. The third-order valence-electron chi connectivity index (χ3n) is 7.25. The maximum absolute atomic E-state index is 13.2. The zero-order valence-electron chi connectivity index (χ0n) is 23.0. The van der Waals surface area contributed by atoms with Crippen LogP contribution >= 0.6 is 0 Å². The average molecular weight is 532 g/mol. The zero-order chi connectivity index (χ0) is 27.8. The van der Waals surface area contributed by atoms with Gasteiger partial charge in [-0.2, -0.15) is 0 Å². The van der Waals surface area contributed by atoms with Gasteiger partial charge in [0.1, 0.15) is 11.6 Å². The van der Waals surface area contributed by atoms with Gasteiger partial charge in [-0.15, -0.1) is 0 Å². The molecule has 1 heterocycles. The molecule has 1 saturated heterocycles. The molecule has 1 fully saturated rings. The maximum Gasteiger partial charge on any atom is 0.251 e. The van der Waals surface area contributed by atoms with Crippen LogP contribution in [0, 0.1) is 11.7 Å². The van der Waals surface area contributed by atoms with Crippen LogP contribution in [0.2, 0.25) is 0 Å². The van der Waals surface area contributed by atoms with Crippen molar-refractivity contribution in [3.8, 4) is 5.75 Å². The molecule has 3 aromatic rings. The molecule has 0 saturated carbocycles. The fraction of sp³-hybridized carbons (Fsp3) is 0.375. The van der Waals surface area contributed by atoms with Crippen molar-refractivity contribution in [1.29, 1.82) is 0 Å². The van der Waals surface area contributed by atoms with E-state index in [-0.39, 0.29) is 29.6 Å². The molecule has 7 heteroatoms. The normalized spacial score (nSPS) is 14.3. The molecular weight excluding hydrogens is 493 g/mol. The summed E-state index contributed by atoms with van der Waals surface area (Å²) in [4.78, 5) is 30.3. The number of benzene rings is 3. The molecule has 1 N–H and O–H groups in total. The summed E-state index contributed by atoms with van der Waals surface area (Å²) >= 11 is 0. The third kappa shape index (κ3) is 7.90. The lowest BCUT2D eigenvalue weighted by atomic mass is 9.99. The lowest BCUT2D eigenvalue weighted by molar-refractivity contribution is -0.138. The molecular formula is C32H38FN3O3. The van der Waals surface area contributed by atoms with Crippen LogP contribution < -0.4 is 10.1 Å². The van der Waals surface area contributed by atoms with Gasteiger partial charge in [-0.1, -0.05) is 50.2 Å². The number of ether oxygens (including phenoxy) is 1. The Hall–Kier alpha value is -3.71. The van der Waals surface area contributed by atoms with Crippen molar-refractivity contribution in [3.05, 3.63) is 101 Å². The average Bonchev–Trinajstić information content (AvgIpc) is 2.96. The van der Waals surface area contributed by atoms with Gasteiger partial charge in [-0.3, -0.25) is 14.5 Å². The first-order chi connectivity index (χ1) is 18.8. The molecule has 0 unspecified atom stereocenters. The molecule has 39 heavy (non-hydrogen) atoms. The molecule has 1 aliphatic heterocycles. The Bertz CT molecular complexity index is 1240. The second kappa shape index (κ2) is 13.4. The van der Waals surface area contributed by atoms with E-state index in [0.717, 1.165) is 54.9 Å². The molecule has 3 aromatic carbocycles. The third-order valence-corrected chi connectivity index (χ3v) is 7.25. The summed E-state index contributed by atoms with van der Waals surface area (Å²) in [5, 5.41) is 2.95. The molecule has 6 nitrogen and oxygen atoms in total. The fourth-order valence-electron chi connectivity index (χ4n) is 4.98. The quantitative estimate of drug-likeness (QED) is 0.380. The number of hydrogen-bond acceptors (Lipinski definition) is 4. The summed E-state index contributed by atoms with van der Waals surface area (Å²) in [6.45, 7) is 7.36. The van der Waals surface area contributed by atoms with Gasteiger partial charge >= 0.3 is 0 Å². The minimum absolute atomic E-state index is 0.0936. The van der Waals surface area contributed by atoms with Gasteiger partial charge in [0.15, 0.2) is 0 Å². The van der Waals surface area contributed by atoms with E-state index in [2.05, 4.69) is 10.2 Å². The lowest BCUT2D eigenvalue weighted by Gasteiger charge is -2.39. The highest BCUT2D eigenvalue weighted by atomic mass is 19.1. The summed E-state index contributed by atoms with van der Waals surface area (Å²) in [6, 6.07) is 21.9. The van der Waals surface area contributed by atoms with Crippen LogP contribution in [0.5, 0.6) is 5.75 Å². The summed E-state index contributed by atoms with van der Waals surface area (Å²) in [6.07, 6.45) is 1.79. The summed E-state index contributed by atoms with van der Waals surface area (Å²) in [5.41, 5.74) is 3.64. The summed E-state index contributed by atoms with van der Waals surface area (Å²) in [5.74, 6) is 0.441. The van der Waals surface area contributed by atoms with E-state index < -0.39 is 0 Å². The van der Waals surface area contributed by atoms with E-state index in [9.17, 15) is 14.0 Å². The highest BCUT2D eigenvalue weighted by molar-refractivity contribution is 5.94. The number of nitrogens with one attached hydrogen (secondary N) is 1. The second-order valence-electron chi connectivity index (χ2n) is 10.5. The molecule has 4 rings (SSSR count). The van der Waals surface area contributed by atoms with Crippen LogP contribution in [0.15, 0.2) is 72.8 Å². The lowest BCUT2D eigenvalue weighted by Crippen LogP contribution is -2.48. The zero-order valence-corrected chi connectivity index (χ0v) is 23.0. The predicted molar refractivity (Wildman–Crippen MR) is 151 cm³/mol. The predicted octanol–water partition coefficient (Wildman–Crippen LogP) is 5.41. The molecule has 0 atom stereocenters. The highest BCUT2D eigenvalue weighted by Crippen LogP contribution is 2.23. The number of carbonyl (C=O) groups is 2. The molecule has 0 spiro atoms. The molecule has 0 aromatic heterocycles. The Morgan fingerprint density at radius 3 is 2.28 bits per heavy atom. The van der Waals surface area contributed by atoms with Gasteiger partial charge < -0.3 is 15.0 Å². The Morgan fingerprint density at radius 2 is 1.64 bits per heavy atom. The van der Waals surface area contributed by atoms with E-state index in [1.807, 2.05) is 79.4 Å². The Kier molecular flexibility index (Phi) is 9.71. The van der Waals surface area contributed by atoms with Crippen molar-refractivity contribution in [2.24, 2.45) is 5.92 Å². The van der Waals surface area contributed by atoms with Gasteiger partial charge in [0.2, 0.25) is 5.91 Å². The molecule has 0 radical (unpaired) electrons.